The zero-order valence-corrected chi connectivity index (χ0v) is 18.4. The van der Waals surface area contributed by atoms with Crippen molar-refractivity contribution in [1.29, 1.82) is 0 Å². The van der Waals surface area contributed by atoms with Gasteiger partial charge in [-0.15, -0.1) is 24.0 Å². The van der Waals surface area contributed by atoms with E-state index in [2.05, 4.69) is 43.6 Å². The number of hydrogen-bond acceptors (Lipinski definition) is 4. The Morgan fingerprint density at radius 2 is 1.93 bits per heavy atom. The highest BCUT2D eigenvalue weighted by Crippen LogP contribution is 2.23. The van der Waals surface area contributed by atoms with Gasteiger partial charge in [-0.25, -0.2) is 0 Å². The van der Waals surface area contributed by atoms with Crippen molar-refractivity contribution in [3.63, 3.8) is 0 Å². The highest BCUT2D eigenvalue weighted by molar-refractivity contribution is 14.0. The number of nitrogens with zero attached hydrogens (tertiary/aromatic N) is 3. The number of hydrogen-bond donors (Lipinski definition) is 2. The molecule has 3 heterocycles. The standard InChI is InChI=1S/C19H29N5O2.HI/c1-16-5-6-18(26-16)17(24-11-13-25-14-12-24)15-22-19(20-2)21-7-10-23-8-3-4-9-23;/h3-6,8-9,17H,7,10-15H2,1-2H3,(H2,20,21,22);1H. The molecule has 2 N–H and O–H groups in total. The lowest BCUT2D eigenvalue weighted by Gasteiger charge is -2.33. The maximum atomic E-state index is 5.91. The Kier molecular flexibility index (Phi) is 9.16. The van der Waals surface area contributed by atoms with E-state index in [0.29, 0.717) is 0 Å². The van der Waals surface area contributed by atoms with Crippen molar-refractivity contribution < 1.29 is 9.15 Å². The van der Waals surface area contributed by atoms with Crippen LogP contribution in [-0.4, -0.2) is 61.9 Å². The van der Waals surface area contributed by atoms with E-state index < -0.39 is 0 Å². The molecule has 27 heavy (non-hydrogen) atoms. The number of aliphatic imine (C=N–C) groups is 1. The summed E-state index contributed by atoms with van der Waals surface area (Å²) in [6.45, 7) is 7.77. The lowest BCUT2D eigenvalue weighted by molar-refractivity contribution is 0.0124. The van der Waals surface area contributed by atoms with Gasteiger partial charge in [0.25, 0.3) is 0 Å². The Hall–Kier alpha value is -1.52. The first-order chi connectivity index (χ1) is 12.8. The zero-order chi connectivity index (χ0) is 18.2. The summed E-state index contributed by atoms with van der Waals surface area (Å²) in [5.74, 6) is 2.73. The lowest BCUT2D eigenvalue weighted by atomic mass is 10.1. The maximum Gasteiger partial charge on any atom is 0.191 e. The first-order valence-corrected chi connectivity index (χ1v) is 9.19. The van der Waals surface area contributed by atoms with E-state index in [-0.39, 0.29) is 30.0 Å². The molecular weight excluding hydrogens is 457 g/mol. The quantitative estimate of drug-likeness (QED) is 0.357. The van der Waals surface area contributed by atoms with Crippen LogP contribution in [0.5, 0.6) is 0 Å². The van der Waals surface area contributed by atoms with Crippen molar-refractivity contribution in [2.45, 2.75) is 19.5 Å². The average Bonchev–Trinajstić information content (AvgIpc) is 3.33. The second-order valence-electron chi connectivity index (χ2n) is 6.41. The van der Waals surface area contributed by atoms with Gasteiger partial charge >= 0.3 is 0 Å². The molecule has 7 nitrogen and oxygen atoms in total. The molecule has 0 radical (unpaired) electrons. The van der Waals surface area contributed by atoms with E-state index in [1.165, 1.54) is 0 Å². The predicted molar refractivity (Wildman–Crippen MR) is 118 cm³/mol. The first kappa shape index (κ1) is 21.8. The van der Waals surface area contributed by atoms with E-state index >= 15 is 0 Å². The van der Waals surface area contributed by atoms with Crippen LogP contribution in [0.2, 0.25) is 0 Å². The van der Waals surface area contributed by atoms with Gasteiger partial charge in [0.1, 0.15) is 11.5 Å². The molecule has 0 saturated carbocycles. The van der Waals surface area contributed by atoms with E-state index in [9.17, 15) is 0 Å². The second-order valence-corrected chi connectivity index (χ2v) is 6.41. The number of ether oxygens (including phenoxy) is 1. The summed E-state index contributed by atoms with van der Waals surface area (Å²) in [6.07, 6.45) is 4.12. The van der Waals surface area contributed by atoms with E-state index in [1.54, 1.807) is 7.05 Å². The zero-order valence-electron chi connectivity index (χ0n) is 16.1. The molecule has 0 spiro atoms. The van der Waals surface area contributed by atoms with Gasteiger partial charge in [0, 0.05) is 52.2 Å². The van der Waals surface area contributed by atoms with Gasteiger partial charge in [0.15, 0.2) is 5.96 Å². The summed E-state index contributed by atoms with van der Waals surface area (Å²) in [7, 11) is 1.80. The summed E-state index contributed by atoms with van der Waals surface area (Å²) >= 11 is 0. The van der Waals surface area contributed by atoms with Crippen LogP contribution in [0.25, 0.3) is 0 Å². The Morgan fingerprint density at radius 3 is 2.56 bits per heavy atom. The highest BCUT2D eigenvalue weighted by Gasteiger charge is 2.25. The first-order valence-electron chi connectivity index (χ1n) is 9.19. The van der Waals surface area contributed by atoms with Crippen molar-refractivity contribution in [3.8, 4) is 0 Å². The number of furan rings is 1. The fourth-order valence-corrected chi connectivity index (χ4v) is 3.17. The number of aryl methyl sites for hydroxylation is 1. The summed E-state index contributed by atoms with van der Waals surface area (Å²) in [4.78, 5) is 6.74. The molecule has 2 aromatic heterocycles. The number of nitrogens with one attached hydrogen (secondary N) is 2. The molecule has 0 aliphatic carbocycles. The normalized spacial score (nSPS) is 16.6. The summed E-state index contributed by atoms with van der Waals surface area (Å²) in [5, 5.41) is 6.81. The lowest BCUT2D eigenvalue weighted by Crippen LogP contribution is -2.46. The van der Waals surface area contributed by atoms with Crippen LogP contribution in [0, 0.1) is 6.92 Å². The minimum atomic E-state index is 0. The number of aromatic nitrogens is 1. The number of halogens is 1. The molecule has 2 aromatic rings. The third-order valence-corrected chi connectivity index (χ3v) is 4.59. The van der Waals surface area contributed by atoms with Crippen LogP contribution in [-0.2, 0) is 11.3 Å². The van der Waals surface area contributed by atoms with E-state index in [0.717, 1.165) is 63.4 Å². The van der Waals surface area contributed by atoms with Crippen molar-refractivity contribution in [2.24, 2.45) is 4.99 Å². The number of rotatable bonds is 7. The molecular formula is C19H30IN5O2. The van der Waals surface area contributed by atoms with Gasteiger partial charge < -0.3 is 24.4 Å². The van der Waals surface area contributed by atoms with Crippen LogP contribution in [0.4, 0.5) is 0 Å². The number of guanidine groups is 1. The predicted octanol–water partition coefficient (Wildman–Crippen LogP) is 2.25. The Labute approximate surface area is 178 Å². The molecule has 1 aliphatic rings. The molecule has 1 atom stereocenters. The largest absolute Gasteiger partial charge is 0.465 e. The number of morpholine rings is 1. The highest BCUT2D eigenvalue weighted by atomic mass is 127. The molecule has 1 saturated heterocycles. The minimum Gasteiger partial charge on any atom is -0.465 e. The molecule has 0 amide bonds. The smallest absolute Gasteiger partial charge is 0.191 e. The van der Waals surface area contributed by atoms with Gasteiger partial charge in [-0.1, -0.05) is 0 Å². The van der Waals surface area contributed by atoms with Crippen LogP contribution < -0.4 is 10.6 Å². The van der Waals surface area contributed by atoms with Gasteiger partial charge in [0.2, 0.25) is 0 Å². The summed E-state index contributed by atoms with van der Waals surface area (Å²) in [5.41, 5.74) is 0. The van der Waals surface area contributed by atoms with E-state index in [4.69, 9.17) is 9.15 Å². The Morgan fingerprint density at radius 1 is 1.19 bits per heavy atom. The summed E-state index contributed by atoms with van der Waals surface area (Å²) < 4.78 is 13.5. The molecule has 0 aromatic carbocycles. The molecule has 1 fully saturated rings. The van der Waals surface area contributed by atoms with Crippen LogP contribution in [0.15, 0.2) is 46.1 Å². The van der Waals surface area contributed by atoms with Crippen LogP contribution in [0.1, 0.15) is 17.6 Å². The van der Waals surface area contributed by atoms with Gasteiger partial charge in [-0.3, -0.25) is 9.89 Å². The molecule has 8 heteroatoms. The molecule has 1 unspecified atom stereocenters. The molecule has 1 aliphatic heterocycles. The van der Waals surface area contributed by atoms with Crippen molar-refractivity contribution in [3.05, 3.63) is 48.2 Å². The van der Waals surface area contributed by atoms with Crippen LogP contribution in [0.3, 0.4) is 0 Å². The van der Waals surface area contributed by atoms with Gasteiger partial charge in [-0.2, -0.15) is 0 Å². The average molecular weight is 487 g/mol. The monoisotopic (exact) mass is 487 g/mol. The topological polar surface area (TPSA) is 67.0 Å². The third kappa shape index (κ3) is 6.54. The van der Waals surface area contributed by atoms with Crippen LogP contribution >= 0.6 is 24.0 Å². The fraction of sp³-hybridized carbons (Fsp3) is 0.526. The van der Waals surface area contributed by atoms with Gasteiger partial charge in [0.05, 0.1) is 19.3 Å². The summed E-state index contributed by atoms with van der Waals surface area (Å²) in [6, 6.07) is 8.32. The van der Waals surface area contributed by atoms with Crippen molar-refractivity contribution in [2.75, 3.05) is 46.4 Å². The van der Waals surface area contributed by atoms with Crippen molar-refractivity contribution in [1.82, 2.24) is 20.1 Å². The van der Waals surface area contributed by atoms with E-state index in [1.807, 2.05) is 25.1 Å². The minimum absolute atomic E-state index is 0. The molecule has 0 bridgehead atoms. The Balaban J connectivity index is 0.00000261. The third-order valence-electron chi connectivity index (χ3n) is 4.59. The SMILES string of the molecule is CN=C(NCCn1cccc1)NCC(c1ccc(C)o1)N1CCOCC1.I. The molecule has 3 rings (SSSR count). The maximum absolute atomic E-state index is 5.91. The molecule has 150 valence electrons. The Bertz CT molecular complexity index is 680. The second kappa shape index (κ2) is 11.4. The van der Waals surface area contributed by atoms with Gasteiger partial charge in [-0.05, 0) is 31.2 Å². The van der Waals surface area contributed by atoms with Crippen molar-refractivity contribution >= 4 is 29.9 Å². The fourth-order valence-electron chi connectivity index (χ4n) is 3.17.